The Morgan fingerprint density at radius 3 is 2.30 bits per heavy atom. The average molecular weight is 466 g/mol. The van der Waals surface area contributed by atoms with Crippen molar-refractivity contribution in [2.24, 2.45) is 5.73 Å². The lowest BCUT2D eigenvalue weighted by atomic mass is 10.1. The van der Waals surface area contributed by atoms with Crippen LogP contribution in [-0.4, -0.2) is 76.3 Å². The smallest absolute Gasteiger partial charge is 0.349 e. The van der Waals surface area contributed by atoms with Gasteiger partial charge in [0, 0.05) is 31.2 Å². The number of amides is 1. The van der Waals surface area contributed by atoms with Crippen molar-refractivity contribution >= 4 is 22.8 Å². The molecular weight excluding hydrogens is 436 g/mol. The number of carboxylic acids is 1. The zero-order valence-corrected chi connectivity index (χ0v) is 18.4. The van der Waals surface area contributed by atoms with Gasteiger partial charge < -0.3 is 39.5 Å². The number of rotatable bonds is 17. The summed E-state index contributed by atoms with van der Waals surface area (Å²) in [6.07, 6.45) is 1.40. The zero-order chi connectivity index (χ0) is 23.9. The first-order chi connectivity index (χ1) is 16.0. The molecule has 1 heterocycles. The fourth-order valence-electron chi connectivity index (χ4n) is 2.68. The number of ether oxygens (including phenoxy) is 4. The first-order valence-electron chi connectivity index (χ1n) is 10.6. The van der Waals surface area contributed by atoms with Crippen molar-refractivity contribution in [2.45, 2.75) is 12.8 Å². The number of hydrogen-bond acceptors (Lipinski definition) is 9. The lowest BCUT2D eigenvalue weighted by Gasteiger charge is -2.08. The number of nitrogens with two attached hydrogens (primary N) is 1. The van der Waals surface area contributed by atoms with Crippen LogP contribution in [0.5, 0.6) is 5.75 Å². The fourth-order valence-corrected chi connectivity index (χ4v) is 2.68. The molecular formula is C22H30N2O9. The SMILES string of the molecule is NCCCOCCOCCOCCCNC(=O)c1cc2ccc(OCC(=O)O)cc2oc1=O. The minimum Gasteiger partial charge on any atom is -0.482 e. The maximum atomic E-state index is 12.3. The molecule has 0 saturated heterocycles. The summed E-state index contributed by atoms with van der Waals surface area (Å²) in [7, 11) is 0. The molecule has 1 aromatic heterocycles. The third-order valence-electron chi connectivity index (χ3n) is 4.30. The third-order valence-corrected chi connectivity index (χ3v) is 4.30. The summed E-state index contributed by atoms with van der Waals surface area (Å²) < 4.78 is 26.3. The van der Waals surface area contributed by atoms with Gasteiger partial charge in [-0.05, 0) is 37.6 Å². The molecule has 0 atom stereocenters. The molecule has 1 aromatic carbocycles. The minimum atomic E-state index is -1.12. The molecule has 0 spiro atoms. The van der Waals surface area contributed by atoms with Crippen molar-refractivity contribution in [2.75, 3.05) is 59.3 Å². The predicted molar refractivity (Wildman–Crippen MR) is 119 cm³/mol. The Kier molecular flexibility index (Phi) is 11.9. The lowest BCUT2D eigenvalue weighted by molar-refractivity contribution is -0.139. The largest absolute Gasteiger partial charge is 0.482 e. The molecule has 0 unspecified atom stereocenters. The van der Waals surface area contributed by atoms with E-state index in [9.17, 15) is 14.4 Å². The number of aliphatic carboxylic acids is 1. The number of carbonyl (C=O) groups is 2. The number of fused-ring (bicyclic) bond motifs is 1. The Hall–Kier alpha value is -2.99. The molecule has 2 aromatic rings. The molecule has 1 amide bonds. The second-order valence-electron chi connectivity index (χ2n) is 6.92. The van der Waals surface area contributed by atoms with Crippen LogP contribution in [0, 0.1) is 0 Å². The lowest BCUT2D eigenvalue weighted by Crippen LogP contribution is -2.29. The van der Waals surface area contributed by atoms with Crippen molar-refractivity contribution in [3.05, 3.63) is 40.2 Å². The van der Waals surface area contributed by atoms with Gasteiger partial charge in [-0.3, -0.25) is 4.79 Å². The second-order valence-corrected chi connectivity index (χ2v) is 6.92. The Balaban J connectivity index is 1.66. The van der Waals surface area contributed by atoms with Crippen LogP contribution in [0.15, 0.2) is 33.5 Å². The van der Waals surface area contributed by atoms with Gasteiger partial charge in [0.15, 0.2) is 6.61 Å². The quantitative estimate of drug-likeness (QED) is 0.224. The molecule has 11 nitrogen and oxygen atoms in total. The van der Waals surface area contributed by atoms with E-state index in [1.807, 2.05) is 0 Å². The summed E-state index contributed by atoms with van der Waals surface area (Å²) in [5, 5.41) is 11.8. The van der Waals surface area contributed by atoms with Crippen molar-refractivity contribution in [3.63, 3.8) is 0 Å². The third kappa shape index (κ3) is 10.00. The standard InChI is InChI=1S/C22H30N2O9/c23-5-1-7-29-9-11-31-12-10-30-8-2-6-24-21(27)18-13-16-3-4-17(32-15-20(25)26)14-19(16)33-22(18)28/h3-4,13-14H,1-2,5-12,15,23H2,(H,24,27)(H,25,26). The predicted octanol–water partition coefficient (Wildman–Crippen LogP) is 0.775. The molecule has 0 radical (unpaired) electrons. The van der Waals surface area contributed by atoms with Crippen molar-refractivity contribution in [1.82, 2.24) is 5.32 Å². The van der Waals surface area contributed by atoms with Crippen LogP contribution >= 0.6 is 0 Å². The van der Waals surface area contributed by atoms with E-state index in [0.717, 1.165) is 6.42 Å². The minimum absolute atomic E-state index is 0.121. The summed E-state index contributed by atoms with van der Waals surface area (Å²) in [6, 6.07) is 5.93. The first kappa shape index (κ1) is 26.3. The van der Waals surface area contributed by atoms with E-state index in [2.05, 4.69) is 5.32 Å². The van der Waals surface area contributed by atoms with Gasteiger partial charge >= 0.3 is 11.6 Å². The van der Waals surface area contributed by atoms with Crippen LogP contribution in [0.3, 0.4) is 0 Å². The highest BCUT2D eigenvalue weighted by Gasteiger charge is 2.14. The summed E-state index contributed by atoms with van der Waals surface area (Å²) in [5.74, 6) is -1.43. The average Bonchev–Trinajstić information content (AvgIpc) is 2.80. The Labute approximate surface area is 190 Å². The van der Waals surface area contributed by atoms with Crippen molar-refractivity contribution in [1.29, 1.82) is 0 Å². The van der Waals surface area contributed by atoms with Crippen LogP contribution in [-0.2, 0) is 19.0 Å². The van der Waals surface area contributed by atoms with Gasteiger partial charge in [0.25, 0.3) is 5.91 Å². The normalized spacial score (nSPS) is 10.9. The fraction of sp³-hybridized carbons (Fsp3) is 0.500. The number of carbonyl (C=O) groups excluding carboxylic acids is 1. The Morgan fingerprint density at radius 2 is 1.64 bits per heavy atom. The van der Waals surface area contributed by atoms with Crippen LogP contribution in [0.4, 0.5) is 0 Å². The van der Waals surface area contributed by atoms with E-state index < -0.39 is 24.1 Å². The maximum absolute atomic E-state index is 12.3. The van der Waals surface area contributed by atoms with Crippen LogP contribution in [0.25, 0.3) is 11.0 Å². The van der Waals surface area contributed by atoms with E-state index in [-0.39, 0.29) is 16.9 Å². The van der Waals surface area contributed by atoms with Gasteiger partial charge in [-0.25, -0.2) is 9.59 Å². The van der Waals surface area contributed by atoms with Crippen LogP contribution in [0.1, 0.15) is 23.2 Å². The van der Waals surface area contributed by atoms with Gasteiger partial charge in [0.2, 0.25) is 0 Å². The highest BCUT2D eigenvalue weighted by molar-refractivity contribution is 5.96. The van der Waals surface area contributed by atoms with E-state index >= 15 is 0 Å². The summed E-state index contributed by atoms with van der Waals surface area (Å²) in [5.41, 5.74) is 4.64. The van der Waals surface area contributed by atoms with Gasteiger partial charge in [-0.2, -0.15) is 0 Å². The molecule has 0 saturated carbocycles. The molecule has 0 aliphatic carbocycles. The van der Waals surface area contributed by atoms with E-state index in [1.54, 1.807) is 6.07 Å². The van der Waals surface area contributed by atoms with Gasteiger partial charge in [-0.1, -0.05) is 0 Å². The molecule has 11 heteroatoms. The van der Waals surface area contributed by atoms with E-state index in [4.69, 9.17) is 34.2 Å². The highest BCUT2D eigenvalue weighted by atomic mass is 16.5. The maximum Gasteiger partial charge on any atom is 0.349 e. The number of benzene rings is 1. The van der Waals surface area contributed by atoms with Crippen molar-refractivity contribution < 1.29 is 38.1 Å². The number of nitrogens with one attached hydrogen (secondary N) is 1. The molecule has 182 valence electrons. The first-order valence-corrected chi connectivity index (χ1v) is 10.6. The van der Waals surface area contributed by atoms with Gasteiger partial charge in [0.05, 0.1) is 26.4 Å². The second kappa shape index (κ2) is 15.0. The van der Waals surface area contributed by atoms with Crippen molar-refractivity contribution in [3.8, 4) is 5.75 Å². The van der Waals surface area contributed by atoms with E-state index in [1.165, 1.54) is 18.2 Å². The topological polar surface area (TPSA) is 160 Å². The summed E-state index contributed by atoms with van der Waals surface area (Å²) >= 11 is 0. The Morgan fingerprint density at radius 1 is 0.970 bits per heavy atom. The molecule has 4 N–H and O–H groups in total. The van der Waals surface area contributed by atoms with Gasteiger partial charge in [-0.15, -0.1) is 0 Å². The zero-order valence-electron chi connectivity index (χ0n) is 18.4. The summed E-state index contributed by atoms with van der Waals surface area (Å²) in [6.45, 7) is 3.39. The van der Waals surface area contributed by atoms with Crippen LogP contribution < -0.4 is 21.4 Å². The molecule has 0 fully saturated rings. The highest BCUT2D eigenvalue weighted by Crippen LogP contribution is 2.20. The molecule has 33 heavy (non-hydrogen) atoms. The molecule has 2 rings (SSSR count). The monoisotopic (exact) mass is 466 g/mol. The van der Waals surface area contributed by atoms with Gasteiger partial charge in [0.1, 0.15) is 16.9 Å². The molecule has 0 bridgehead atoms. The summed E-state index contributed by atoms with van der Waals surface area (Å²) in [4.78, 5) is 35.1. The van der Waals surface area contributed by atoms with E-state index in [0.29, 0.717) is 64.5 Å². The molecule has 0 aliphatic heterocycles. The Bertz CT molecular complexity index is 945. The van der Waals surface area contributed by atoms with Crippen LogP contribution in [0.2, 0.25) is 0 Å². The molecule has 0 aliphatic rings. The number of hydrogen-bond donors (Lipinski definition) is 3. The number of carboxylic acid groups (broad SMARTS) is 1.